The molecule has 6 heteroatoms. The number of fused-ring (bicyclic) bond motifs is 1. The Balaban J connectivity index is 1.58. The van der Waals surface area contributed by atoms with Crippen LogP contribution in [0.3, 0.4) is 0 Å². The fourth-order valence-electron chi connectivity index (χ4n) is 2.88. The van der Waals surface area contributed by atoms with Gasteiger partial charge in [0.05, 0.1) is 22.4 Å². The average Bonchev–Trinajstić information content (AvgIpc) is 3.45. The van der Waals surface area contributed by atoms with Crippen molar-refractivity contribution in [3.8, 4) is 17.2 Å². The summed E-state index contributed by atoms with van der Waals surface area (Å²) in [5.41, 5.74) is 0.789. The molecule has 5 nitrogen and oxygen atoms in total. The van der Waals surface area contributed by atoms with Crippen LogP contribution in [0, 0.1) is 10.7 Å². The summed E-state index contributed by atoms with van der Waals surface area (Å²) in [6.07, 6.45) is 3.88. The van der Waals surface area contributed by atoms with Gasteiger partial charge in [-0.3, -0.25) is 4.98 Å². The summed E-state index contributed by atoms with van der Waals surface area (Å²) in [4.78, 5) is 4.92. The van der Waals surface area contributed by atoms with Crippen LogP contribution in [-0.2, 0) is 9.73 Å². The number of hydrogen-bond donors (Lipinski definition) is 1. The van der Waals surface area contributed by atoms with Crippen molar-refractivity contribution in [2.45, 2.75) is 17.7 Å². The summed E-state index contributed by atoms with van der Waals surface area (Å²) >= 11 is 0. The highest BCUT2D eigenvalue weighted by atomic mass is 32.2. The fourth-order valence-corrected chi connectivity index (χ4v) is 4.65. The first-order chi connectivity index (χ1) is 12.5. The van der Waals surface area contributed by atoms with E-state index in [-0.39, 0.29) is 0 Å². The molecule has 0 bridgehead atoms. The van der Waals surface area contributed by atoms with Gasteiger partial charge < -0.3 is 9.47 Å². The molecule has 1 N–H and O–H groups in total. The van der Waals surface area contributed by atoms with Gasteiger partial charge in [0, 0.05) is 28.3 Å². The van der Waals surface area contributed by atoms with Crippen LogP contribution in [0.1, 0.15) is 12.8 Å². The Morgan fingerprint density at radius 2 is 1.85 bits per heavy atom. The van der Waals surface area contributed by atoms with Gasteiger partial charge in [0.25, 0.3) is 0 Å². The van der Waals surface area contributed by atoms with Gasteiger partial charge in [-0.25, -0.2) is 8.99 Å². The molecular weight excluding hydrogens is 348 g/mol. The van der Waals surface area contributed by atoms with E-state index in [1.54, 1.807) is 37.6 Å². The van der Waals surface area contributed by atoms with Gasteiger partial charge in [-0.2, -0.15) is 0 Å². The molecule has 26 heavy (non-hydrogen) atoms. The van der Waals surface area contributed by atoms with E-state index in [0.29, 0.717) is 28.1 Å². The lowest BCUT2D eigenvalue weighted by atomic mass is 10.2. The van der Waals surface area contributed by atoms with Crippen LogP contribution < -0.4 is 9.47 Å². The zero-order valence-corrected chi connectivity index (χ0v) is 15.3. The Hall–Kier alpha value is -2.60. The van der Waals surface area contributed by atoms with Gasteiger partial charge >= 0.3 is 0 Å². The molecule has 1 atom stereocenters. The molecule has 4 rings (SSSR count). The van der Waals surface area contributed by atoms with Crippen LogP contribution in [0.25, 0.3) is 10.9 Å². The van der Waals surface area contributed by atoms with Crippen molar-refractivity contribution in [1.29, 1.82) is 4.78 Å². The van der Waals surface area contributed by atoms with E-state index in [0.717, 1.165) is 29.5 Å². The Labute approximate surface area is 153 Å². The molecule has 1 fully saturated rings. The molecule has 1 unspecified atom stereocenters. The van der Waals surface area contributed by atoms with Crippen LogP contribution >= 0.6 is 0 Å². The minimum atomic E-state index is -2.71. The highest BCUT2D eigenvalue weighted by Crippen LogP contribution is 2.34. The largest absolute Gasteiger partial charge is 0.497 e. The van der Waals surface area contributed by atoms with Crippen LogP contribution in [0.2, 0.25) is 0 Å². The average molecular weight is 368 g/mol. The summed E-state index contributed by atoms with van der Waals surface area (Å²) in [6.45, 7) is 0. The maximum atomic E-state index is 12.5. The summed E-state index contributed by atoms with van der Waals surface area (Å²) in [6, 6.07) is 14.5. The Morgan fingerprint density at radius 1 is 1.12 bits per heavy atom. The van der Waals surface area contributed by atoms with E-state index >= 15 is 0 Å². The molecule has 0 amide bonds. The third kappa shape index (κ3) is 3.51. The smallest absolute Gasteiger partial charge is 0.138 e. The minimum absolute atomic E-state index is 0.455. The Morgan fingerprint density at radius 3 is 2.54 bits per heavy atom. The van der Waals surface area contributed by atoms with Gasteiger partial charge in [-0.1, -0.05) is 0 Å². The fraction of sp³-hybridized carbons (Fsp3) is 0.250. The molecule has 134 valence electrons. The predicted octanol–water partition coefficient (Wildman–Crippen LogP) is 4.85. The molecule has 3 aromatic rings. The molecule has 1 heterocycles. The van der Waals surface area contributed by atoms with Crippen molar-refractivity contribution in [3.63, 3.8) is 0 Å². The van der Waals surface area contributed by atoms with Crippen molar-refractivity contribution >= 4 is 20.6 Å². The molecule has 2 aromatic carbocycles. The van der Waals surface area contributed by atoms with Gasteiger partial charge in [0.15, 0.2) is 0 Å². The lowest BCUT2D eigenvalue weighted by molar-refractivity contribution is 0.415. The second-order valence-corrected chi connectivity index (χ2v) is 8.71. The van der Waals surface area contributed by atoms with Gasteiger partial charge in [-0.05, 0) is 61.2 Å². The van der Waals surface area contributed by atoms with Crippen LogP contribution in [0.15, 0.2) is 59.6 Å². The number of nitrogens with zero attached hydrogens (tertiary/aromatic N) is 1. The topological polar surface area (TPSA) is 72.3 Å². The Kier molecular flexibility index (Phi) is 4.28. The van der Waals surface area contributed by atoms with Crippen molar-refractivity contribution in [2.75, 3.05) is 12.9 Å². The highest BCUT2D eigenvalue weighted by Gasteiger charge is 2.26. The molecule has 0 radical (unpaired) electrons. The molecule has 1 aromatic heterocycles. The van der Waals surface area contributed by atoms with Gasteiger partial charge in [-0.15, -0.1) is 0 Å². The normalized spacial score (nSPS) is 16.2. The summed E-state index contributed by atoms with van der Waals surface area (Å²) in [5, 5.41) is 0.885. The maximum Gasteiger partial charge on any atom is 0.138 e. The van der Waals surface area contributed by atoms with E-state index in [9.17, 15) is 4.21 Å². The van der Waals surface area contributed by atoms with Crippen LogP contribution in [0.5, 0.6) is 17.2 Å². The first kappa shape index (κ1) is 16.8. The van der Waals surface area contributed by atoms with Crippen LogP contribution in [0.4, 0.5) is 0 Å². The predicted molar refractivity (Wildman–Crippen MR) is 102 cm³/mol. The van der Waals surface area contributed by atoms with Crippen molar-refractivity contribution in [1.82, 2.24) is 4.98 Å². The number of methoxy groups -OCH3 is 1. The number of hydrogen-bond acceptors (Lipinski definition) is 5. The molecule has 0 saturated heterocycles. The number of ether oxygens (including phenoxy) is 2. The van der Waals surface area contributed by atoms with E-state index in [2.05, 4.69) is 4.98 Å². The zero-order valence-electron chi connectivity index (χ0n) is 14.5. The van der Waals surface area contributed by atoms with Crippen molar-refractivity contribution < 1.29 is 13.7 Å². The zero-order chi connectivity index (χ0) is 18.1. The molecular formula is C20H20N2O3S. The number of rotatable bonds is 6. The first-order valence-corrected chi connectivity index (χ1v) is 10.2. The molecule has 1 saturated carbocycles. The van der Waals surface area contributed by atoms with E-state index in [1.165, 1.54) is 0 Å². The molecule has 1 aliphatic carbocycles. The number of benzene rings is 2. The SMILES string of the molecule is COc1ccc2c(Oc3ccc(S(=N)(=O)CC4CC4)cc3)ccnc2c1. The van der Waals surface area contributed by atoms with Gasteiger partial charge in [0.1, 0.15) is 17.2 Å². The van der Waals surface area contributed by atoms with Crippen molar-refractivity contribution in [3.05, 3.63) is 54.7 Å². The summed E-state index contributed by atoms with van der Waals surface area (Å²) in [7, 11) is -1.09. The molecule has 0 aliphatic heterocycles. The number of aromatic nitrogens is 1. The molecule has 1 aliphatic rings. The minimum Gasteiger partial charge on any atom is -0.497 e. The Bertz CT molecular complexity index is 1040. The third-order valence-corrected chi connectivity index (χ3v) is 6.48. The third-order valence-electron chi connectivity index (χ3n) is 4.51. The standard InChI is InChI=1S/C20H20N2O3S/c1-24-16-6-9-18-19(12-16)22-11-10-20(18)25-15-4-7-17(8-5-15)26(21,23)13-14-2-3-14/h4-12,14,21H,2-3,13H2,1H3. The summed E-state index contributed by atoms with van der Waals surface area (Å²) < 4.78 is 31.9. The van der Waals surface area contributed by atoms with E-state index < -0.39 is 9.73 Å². The lowest BCUT2D eigenvalue weighted by Crippen LogP contribution is -2.06. The quantitative estimate of drug-likeness (QED) is 0.675. The van der Waals surface area contributed by atoms with Crippen LogP contribution in [-0.4, -0.2) is 22.1 Å². The highest BCUT2D eigenvalue weighted by molar-refractivity contribution is 7.92. The first-order valence-electron chi connectivity index (χ1n) is 8.52. The van der Waals surface area contributed by atoms with E-state index in [4.69, 9.17) is 14.3 Å². The number of pyridine rings is 1. The van der Waals surface area contributed by atoms with Gasteiger partial charge in [0.2, 0.25) is 0 Å². The second kappa shape index (κ2) is 6.61. The van der Waals surface area contributed by atoms with E-state index in [1.807, 2.05) is 24.3 Å². The monoisotopic (exact) mass is 368 g/mol. The second-order valence-electron chi connectivity index (χ2n) is 6.55. The lowest BCUT2D eigenvalue weighted by Gasteiger charge is -2.11. The maximum absolute atomic E-state index is 12.5. The van der Waals surface area contributed by atoms with Crippen molar-refractivity contribution in [2.24, 2.45) is 5.92 Å². The number of nitrogens with one attached hydrogen (secondary N) is 1. The summed E-state index contributed by atoms with van der Waals surface area (Å²) in [5.74, 6) is 2.99. The molecule has 0 spiro atoms.